The second-order valence-electron chi connectivity index (χ2n) is 8.20. The molecule has 158 valence electrons. The molecule has 2 aliphatic rings. The number of carbonyl (C=O) groups excluding carboxylic acids is 2. The third-order valence-corrected chi connectivity index (χ3v) is 5.69. The molecule has 0 aromatic heterocycles. The summed E-state index contributed by atoms with van der Waals surface area (Å²) in [5.41, 5.74) is 1.07. The number of hydrogen-bond donors (Lipinski definition) is 1. The smallest absolute Gasteiger partial charge is 0.251 e. The highest BCUT2D eigenvalue weighted by Gasteiger charge is 2.25. The average Bonchev–Trinajstić information content (AvgIpc) is 3.58. The molecular formula is C24H27FN2O3. The first-order valence-electron chi connectivity index (χ1n) is 10.6. The van der Waals surface area contributed by atoms with Gasteiger partial charge in [-0.25, -0.2) is 4.39 Å². The highest BCUT2D eigenvalue weighted by Crippen LogP contribution is 2.22. The number of halogens is 1. The fourth-order valence-electron chi connectivity index (χ4n) is 3.76. The highest BCUT2D eigenvalue weighted by atomic mass is 19.1. The van der Waals surface area contributed by atoms with Gasteiger partial charge in [0.15, 0.2) is 0 Å². The fourth-order valence-corrected chi connectivity index (χ4v) is 3.76. The molecular weight excluding hydrogens is 383 g/mol. The Morgan fingerprint density at radius 1 is 1.07 bits per heavy atom. The molecule has 2 aromatic rings. The Hall–Kier alpha value is -2.89. The highest BCUT2D eigenvalue weighted by molar-refractivity contribution is 5.94. The van der Waals surface area contributed by atoms with Gasteiger partial charge in [-0.1, -0.05) is 18.2 Å². The molecule has 1 saturated carbocycles. The quantitative estimate of drug-likeness (QED) is 0.759. The minimum atomic E-state index is -0.336. The van der Waals surface area contributed by atoms with E-state index in [2.05, 4.69) is 5.32 Å². The van der Waals surface area contributed by atoms with Crippen molar-refractivity contribution in [2.24, 2.45) is 5.92 Å². The number of piperidine rings is 1. The molecule has 1 N–H and O–H groups in total. The Morgan fingerprint density at radius 2 is 1.83 bits per heavy atom. The zero-order valence-corrected chi connectivity index (χ0v) is 17.0. The standard InChI is InChI=1S/C24H27FN2O3/c25-22-6-2-1-5-19(22)14-23(28)27-13-3-4-17(15-27)16-30-21-11-7-18(8-12-21)24(29)26-20-9-10-20/h1-2,5-8,11-12,17,20H,3-4,9-10,13-16H2,(H,26,29)/t17-/m0/s1. The molecule has 0 spiro atoms. The van der Waals surface area contributed by atoms with E-state index in [4.69, 9.17) is 4.74 Å². The lowest BCUT2D eigenvalue weighted by Crippen LogP contribution is -2.42. The van der Waals surface area contributed by atoms with Crippen LogP contribution >= 0.6 is 0 Å². The molecule has 2 amide bonds. The van der Waals surface area contributed by atoms with Crippen LogP contribution in [0.4, 0.5) is 4.39 Å². The number of amides is 2. The predicted octanol–water partition coefficient (Wildman–Crippen LogP) is 3.58. The number of carbonyl (C=O) groups is 2. The van der Waals surface area contributed by atoms with Crippen molar-refractivity contribution in [1.29, 1.82) is 0 Å². The normalized spacial score (nSPS) is 18.7. The van der Waals surface area contributed by atoms with Gasteiger partial charge in [-0.05, 0) is 61.6 Å². The monoisotopic (exact) mass is 410 g/mol. The van der Waals surface area contributed by atoms with E-state index in [9.17, 15) is 14.0 Å². The first-order valence-corrected chi connectivity index (χ1v) is 10.6. The van der Waals surface area contributed by atoms with Crippen LogP contribution in [0, 0.1) is 11.7 Å². The van der Waals surface area contributed by atoms with E-state index in [-0.39, 0.29) is 30.0 Å². The topological polar surface area (TPSA) is 58.6 Å². The Kier molecular flexibility index (Phi) is 6.31. The summed E-state index contributed by atoms with van der Waals surface area (Å²) in [7, 11) is 0. The molecule has 30 heavy (non-hydrogen) atoms. The minimum absolute atomic E-state index is 0.0414. The van der Waals surface area contributed by atoms with Gasteiger partial charge >= 0.3 is 0 Å². The Labute approximate surface area is 176 Å². The number of nitrogens with one attached hydrogen (secondary N) is 1. The lowest BCUT2D eigenvalue weighted by molar-refractivity contribution is -0.132. The van der Waals surface area contributed by atoms with Crippen molar-refractivity contribution in [2.45, 2.75) is 38.1 Å². The molecule has 6 heteroatoms. The van der Waals surface area contributed by atoms with E-state index >= 15 is 0 Å². The summed E-state index contributed by atoms with van der Waals surface area (Å²) >= 11 is 0. The second kappa shape index (κ2) is 9.28. The summed E-state index contributed by atoms with van der Waals surface area (Å²) < 4.78 is 19.7. The lowest BCUT2D eigenvalue weighted by Gasteiger charge is -2.32. The SMILES string of the molecule is O=C(NC1CC1)c1ccc(OC[C@H]2CCCN(C(=O)Cc3ccccc3F)C2)cc1. The number of ether oxygens (including phenoxy) is 1. The molecule has 1 aliphatic carbocycles. The number of likely N-dealkylation sites (tertiary alicyclic amines) is 1. The number of nitrogens with zero attached hydrogens (tertiary/aromatic N) is 1. The van der Waals surface area contributed by atoms with Crippen LogP contribution in [-0.4, -0.2) is 42.5 Å². The van der Waals surface area contributed by atoms with Crippen LogP contribution in [0.1, 0.15) is 41.6 Å². The van der Waals surface area contributed by atoms with E-state index in [0.717, 1.165) is 25.7 Å². The van der Waals surface area contributed by atoms with E-state index in [0.29, 0.717) is 42.6 Å². The van der Waals surface area contributed by atoms with Gasteiger partial charge in [-0.15, -0.1) is 0 Å². The van der Waals surface area contributed by atoms with Crippen molar-refractivity contribution in [3.8, 4) is 5.75 Å². The van der Waals surface area contributed by atoms with Gasteiger partial charge in [-0.3, -0.25) is 9.59 Å². The third-order valence-electron chi connectivity index (χ3n) is 5.69. The zero-order valence-electron chi connectivity index (χ0n) is 17.0. The third kappa shape index (κ3) is 5.38. The van der Waals surface area contributed by atoms with E-state index in [1.807, 2.05) is 17.0 Å². The molecule has 1 aliphatic heterocycles. The van der Waals surface area contributed by atoms with Crippen molar-refractivity contribution in [3.05, 3.63) is 65.5 Å². The molecule has 2 aromatic carbocycles. The number of benzene rings is 2. The Balaban J connectivity index is 1.26. The van der Waals surface area contributed by atoms with Crippen LogP contribution in [-0.2, 0) is 11.2 Å². The largest absolute Gasteiger partial charge is 0.493 e. The summed E-state index contributed by atoms with van der Waals surface area (Å²) in [6.45, 7) is 1.83. The van der Waals surface area contributed by atoms with E-state index in [1.54, 1.807) is 30.3 Å². The van der Waals surface area contributed by atoms with Crippen LogP contribution in [0.5, 0.6) is 5.75 Å². The van der Waals surface area contributed by atoms with Crippen molar-refractivity contribution in [1.82, 2.24) is 10.2 Å². The van der Waals surface area contributed by atoms with Gasteiger partial charge in [0.25, 0.3) is 5.91 Å². The van der Waals surface area contributed by atoms with E-state index in [1.165, 1.54) is 6.07 Å². The van der Waals surface area contributed by atoms with Crippen LogP contribution in [0.2, 0.25) is 0 Å². The summed E-state index contributed by atoms with van der Waals surface area (Å²) in [6, 6.07) is 13.9. The molecule has 5 nitrogen and oxygen atoms in total. The Morgan fingerprint density at radius 3 is 2.57 bits per heavy atom. The van der Waals surface area contributed by atoms with E-state index < -0.39 is 0 Å². The Bertz CT molecular complexity index is 896. The maximum Gasteiger partial charge on any atom is 0.251 e. The summed E-state index contributed by atoms with van der Waals surface area (Å²) in [4.78, 5) is 26.5. The van der Waals surface area contributed by atoms with Gasteiger partial charge < -0.3 is 15.0 Å². The van der Waals surface area contributed by atoms with Crippen molar-refractivity contribution >= 4 is 11.8 Å². The van der Waals surface area contributed by atoms with Crippen molar-refractivity contribution in [3.63, 3.8) is 0 Å². The summed E-state index contributed by atoms with van der Waals surface area (Å²) in [5, 5.41) is 2.97. The van der Waals surface area contributed by atoms with Gasteiger partial charge in [0, 0.05) is 30.6 Å². The zero-order chi connectivity index (χ0) is 20.9. The molecule has 1 atom stereocenters. The molecule has 1 saturated heterocycles. The maximum absolute atomic E-state index is 13.8. The first-order chi connectivity index (χ1) is 14.6. The van der Waals surface area contributed by atoms with Crippen LogP contribution in [0.3, 0.4) is 0 Å². The molecule has 1 heterocycles. The van der Waals surface area contributed by atoms with Crippen molar-refractivity contribution in [2.75, 3.05) is 19.7 Å². The molecule has 2 fully saturated rings. The van der Waals surface area contributed by atoms with Gasteiger partial charge in [-0.2, -0.15) is 0 Å². The molecule has 4 rings (SSSR count). The number of rotatable bonds is 7. The van der Waals surface area contributed by atoms with Crippen LogP contribution in [0.15, 0.2) is 48.5 Å². The minimum Gasteiger partial charge on any atom is -0.493 e. The fraction of sp³-hybridized carbons (Fsp3) is 0.417. The van der Waals surface area contributed by atoms with Gasteiger partial charge in [0.1, 0.15) is 11.6 Å². The molecule has 0 unspecified atom stereocenters. The molecule has 0 bridgehead atoms. The number of hydrogen-bond acceptors (Lipinski definition) is 3. The van der Waals surface area contributed by atoms with Crippen molar-refractivity contribution < 1.29 is 18.7 Å². The first kappa shape index (κ1) is 20.4. The maximum atomic E-state index is 13.8. The van der Waals surface area contributed by atoms with Crippen LogP contribution in [0.25, 0.3) is 0 Å². The van der Waals surface area contributed by atoms with Gasteiger partial charge in [0.2, 0.25) is 5.91 Å². The van der Waals surface area contributed by atoms with Crippen LogP contribution < -0.4 is 10.1 Å². The summed E-state index contributed by atoms with van der Waals surface area (Å²) in [6.07, 6.45) is 4.12. The molecule has 0 radical (unpaired) electrons. The average molecular weight is 410 g/mol. The lowest BCUT2D eigenvalue weighted by atomic mass is 9.98. The predicted molar refractivity (Wildman–Crippen MR) is 112 cm³/mol. The summed E-state index contributed by atoms with van der Waals surface area (Å²) in [5.74, 6) is 0.530. The second-order valence-corrected chi connectivity index (χ2v) is 8.20. The van der Waals surface area contributed by atoms with Gasteiger partial charge in [0.05, 0.1) is 13.0 Å².